The molecule has 0 fully saturated rings. The molecule has 21 heavy (non-hydrogen) atoms. The Morgan fingerprint density at radius 2 is 0.857 bits per heavy atom. The fourth-order valence-electron chi connectivity index (χ4n) is 2.46. The van der Waals surface area contributed by atoms with Gasteiger partial charge in [0.25, 0.3) is 0 Å². The zero-order valence-electron chi connectivity index (χ0n) is 12.8. The van der Waals surface area contributed by atoms with Gasteiger partial charge in [-0.15, -0.1) is 37.0 Å². The lowest BCUT2D eigenvalue weighted by molar-refractivity contribution is 0.819. The first kappa shape index (κ1) is 17.0. The highest BCUT2D eigenvalue weighted by atomic mass is 14.1. The quantitative estimate of drug-likeness (QED) is 0.458. The van der Waals surface area contributed by atoms with E-state index in [0.717, 1.165) is 57.8 Å². The highest BCUT2D eigenvalue weighted by Crippen LogP contribution is 2.17. The molecule has 0 atom stereocenters. The molecule has 0 aliphatic heterocycles. The molecule has 1 aromatic carbocycles. The second-order valence-electron chi connectivity index (χ2n) is 5.33. The van der Waals surface area contributed by atoms with E-state index in [1.54, 1.807) is 0 Å². The molecular formula is C21H24. The van der Waals surface area contributed by atoms with Gasteiger partial charge in [-0.2, -0.15) is 0 Å². The Balaban J connectivity index is 2.73. The van der Waals surface area contributed by atoms with E-state index in [-0.39, 0.29) is 0 Å². The number of hydrogen-bond acceptors (Lipinski definition) is 0. The van der Waals surface area contributed by atoms with E-state index in [1.165, 1.54) is 16.7 Å². The summed E-state index contributed by atoms with van der Waals surface area (Å²) in [5, 5.41) is 0. The molecule has 0 radical (unpaired) electrons. The van der Waals surface area contributed by atoms with Crippen molar-refractivity contribution in [2.45, 2.75) is 57.8 Å². The molecule has 0 bridgehead atoms. The summed E-state index contributed by atoms with van der Waals surface area (Å²) in [5.41, 5.74) is 4.16. The monoisotopic (exact) mass is 276 g/mol. The van der Waals surface area contributed by atoms with Gasteiger partial charge < -0.3 is 0 Å². The topological polar surface area (TPSA) is 0 Å². The minimum Gasteiger partial charge on any atom is -0.120 e. The second kappa shape index (κ2) is 10.7. The molecular weight excluding hydrogens is 252 g/mol. The third-order valence-corrected chi connectivity index (χ3v) is 3.47. The molecule has 0 N–H and O–H groups in total. The molecule has 0 aliphatic carbocycles. The molecule has 0 aliphatic rings. The number of hydrogen-bond donors (Lipinski definition) is 0. The van der Waals surface area contributed by atoms with Crippen LogP contribution in [0.1, 0.15) is 55.2 Å². The van der Waals surface area contributed by atoms with Crippen LogP contribution < -0.4 is 0 Å². The summed E-state index contributed by atoms with van der Waals surface area (Å²) in [5.74, 6) is 8.12. The van der Waals surface area contributed by atoms with E-state index in [4.69, 9.17) is 19.3 Å². The van der Waals surface area contributed by atoms with Gasteiger partial charge in [0.2, 0.25) is 0 Å². The van der Waals surface area contributed by atoms with Crippen LogP contribution in [-0.2, 0) is 19.3 Å². The second-order valence-corrected chi connectivity index (χ2v) is 5.33. The number of terminal acetylenes is 3. The Morgan fingerprint density at radius 1 is 0.571 bits per heavy atom. The summed E-state index contributed by atoms with van der Waals surface area (Å²) in [7, 11) is 0. The van der Waals surface area contributed by atoms with Crippen LogP contribution in [0.3, 0.4) is 0 Å². The van der Waals surface area contributed by atoms with E-state index in [9.17, 15) is 0 Å². The van der Waals surface area contributed by atoms with Gasteiger partial charge in [-0.05, 0) is 55.2 Å². The number of rotatable bonds is 9. The van der Waals surface area contributed by atoms with E-state index >= 15 is 0 Å². The molecule has 0 saturated carbocycles. The van der Waals surface area contributed by atoms with Crippen molar-refractivity contribution in [3.8, 4) is 37.0 Å². The fourth-order valence-corrected chi connectivity index (χ4v) is 2.46. The molecule has 0 unspecified atom stereocenters. The average Bonchev–Trinajstić information content (AvgIpc) is 2.48. The van der Waals surface area contributed by atoms with E-state index in [1.807, 2.05) is 0 Å². The van der Waals surface area contributed by atoms with Crippen molar-refractivity contribution in [2.75, 3.05) is 0 Å². The Bertz CT molecular complexity index is 450. The summed E-state index contributed by atoms with van der Waals surface area (Å²) >= 11 is 0. The van der Waals surface area contributed by atoms with Crippen LogP contribution in [0.5, 0.6) is 0 Å². The van der Waals surface area contributed by atoms with Gasteiger partial charge in [-0.3, -0.25) is 0 Å². The van der Waals surface area contributed by atoms with Crippen LogP contribution in [0.2, 0.25) is 0 Å². The number of unbranched alkanes of at least 4 members (excludes halogenated alkanes) is 3. The average molecular weight is 276 g/mol. The molecule has 0 aromatic heterocycles. The van der Waals surface area contributed by atoms with Crippen LogP contribution >= 0.6 is 0 Å². The largest absolute Gasteiger partial charge is 0.120 e. The SMILES string of the molecule is C#CCCCc1cc(CCCC#C)cc(CCCC#C)c1. The zero-order valence-corrected chi connectivity index (χ0v) is 12.8. The lowest BCUT2D eigenvalue weighted by Gasteiger charge is -2.09. The van der Waals surface area contributed by atoms with Crippen molar-refractivity contribution < 1.29 is 0 Å². The summed E-state index contributed by atoms with van der Waals surface area (Å²) in [6.07, 6.45) is 24.8. The number of benzene rings is 1. The van der Waals surface area contributed by atoms with Crippen molar-refractivity contribution in [2.24, 2.45) is 0 Å². The molecule has 0 spiro atoms. The van der Waals surface area contributed by atoms with Crippen LogP contribution in [-0.4, -0.2) is 0 Å². The maximum Gasteiger partial charge on any atom is 0.00892 e. The summed E-state index contributed by atoms with van der Waals surface area (Å²) < 4.78 is 0. The van der Waals surface area contributed by atoms with Crippen molar-refractivity contribution in [1.82, 2.24) is 0 Å². The Morgan fingerprint density at radius 3 is 1.10 bits per heavy atom. The van der Waals surface area contributed by atoms with Crippen molar-refractivity contribution in [3.63, 3.8) is 0 Å². The minimum absolute atomic E-state index is 0.841. The molecule has 0 heterocycles. The van der Waals surface area contributed by atoms with Crippen molar-refractivity contribution in [3.05, 3.63) is 34.9 Å². The first-order valence-corrected chi connectivity index (χ1v) is 7.72. The molecule has 0 saturated heterocycles. The summed E-state index contributed by atoms with van der Waals surface area (Å²) in [6, 6.07) is 6.91. The fraction of sp³-hybridized carbons (Fsp3) is 0.429. The predicted molar refractivity (Wildman–Crippen MR) is 91.8 cm³/mol. The highest BCUT2D eigenvalue weighted by molar-refractivity contribution is 5.31. The van der Waals surface area contributed by atoms with Gasteiger partial charge in [0.15, 0.2) is 0 Å². The molecule has 108 valence electrons. The van der Waals surface area contributed by atoms with Crippen molar-refractivity contribution in [1.29, 1.82) is 0 Å². The van der Waals surface area contributed by atoms with Gasteiger partial charge in [-0.25, -0.2) is 0 Å². The molecule has 1 aromatic rings. The zero-order chi connectivity index (χ0) is 15.3. The molecule has 0 nitrogen and oxygen atoms in total. The van der Waals surface area contributed by atoms with E-state index < -0.39 is 0 Å². The van der Waals surface area contributed by atoms with Crippen LogP contribution in [0.15, 0.2) is 18.2 Å². The van der Waals surface area contributed by atoms with E-state index in [2.05, 4.69) is 36.0 Å². The summed E-state index contributed by atoms with van der Waals surface area (Å²) in [6.45, 7) is 0. The van der Waals surface area contributed by atoms with Gasteiger partial charge in [0.05, 0.1) is 0 Å². The summed E-state index contributed by atoms with van der Waals surface area (Å²) in [4.78, 5) is 0. The third-order valence-electron chi connectivity index (χ3n) is 3.47. The smallest absolute Gasteiger partial charge is 0.00892 e. The maximum absolute atomic E-state index is 5.33. The van der Waals surface area contributed by atoms with Gasteiger partial charge in [0, 0.05) is 19.3 Å². The molecule has 0 heteroatoms. The van der Waals surface area contributed by atoms with Gasteiger partial charge in [0.1, 0.15) is 0 Å². The van der Waals surface area contributed by atoms with Crippen LogP contribution in [0.25, 0.3) is 0 Å². The lowest BCUT2D eigenvalue weighted by Crippen LogP contribution is -1.95. The number of aryl methyl sites for hydroxylation is 3. The first-order valence-electron chi connectivity index (χ1n) is 7.72. The Kier molecular flexibility index (Phi) is 8.61. The normalized spacial score (nSPS) is 9.57. The Hall–Kier alpha value is -2.10. The van der Waals surface area contributed by atoms with Crippen LogP contribution in [0.4, 0.5) is 0 Å². The Labute approximate surface area is 130 Å². The van der Waals surface area contributed by atoms with Gasteiger partial charge in [-0.1, -0.05) is 18.2 Å². The van der Waals surface area contributed by atoms with Crippen LogP contribution in [0, 0.1) is 37.0 Å². The lowest BCUT2D eigenvalue weighted by atomic mass is 9.96. The highest BCUT2D eigenvalue weighted by Gasteiger charge is 2.02. The maximum atomic E-state index is 5.33. The molecule has 0 amide bonds. The van der Waals surface area contributed by atoms with Crippen molar-refractivity contribution >= 4 is 0 Å². The first-order chi connectivity index (χ1) is 10.3. The predicted octanol–water partition coefficient (Wildman–Crippen LogP) is 4.55. The molecule has 1 rings (SSSR count). The third kappa shape index (κ3) is 7.30. The van der Waals surface area contributed by atoms with E-state index in [0.29, 0.717) is 0 Å². The minimum atomic E-state index is 0.841. The standard InChI is InChI=1S/C21H24/c1-4-7-10-13-19-16-20(14-11-8-5-2)18-21(17-19)15-12-9-6-3/h1-3,16-18H,7-15H2. The van der Waals surface area contributed by atoms with Gasteiger partial charge >= 0.3 is 0 Å².